The highest BCUT2D eigenvalue weighted by molar-refractivity contribution is 9.10. The second-order valence-corrected chi connectivity index (χ2v) is 5.38. The zero-order valence-corrected chi connectivity index (χ0v) is 13.2. The normalized spacial score (nSPS) is 12.7. The summed E-state index contributed by atoms with van der Waals surface area (Å²) in [4.78, 5) is 4.04. The fourth-order valence-corrected chi connectivity index (χ4v) is 2.86. The van der Waals surface area contributed by atoms with Gasteiger partial charge in [-0.1, -0.05) is 6.92 Å². The van der Waals surface area contributed by atoms with Crippen LogP contribution in [0.15, 0.2) is 22.8 Å². The Morgan fingerprint density at radius 1 is 1.40 bits per heavy atom. The third-order valence-corrected chi connectivity index (χ3v) is 4.15. The smallest absolute Gasteiger partial charge is 0.141 e. The third-order valence-electron chi connectivity index (χ3n) is 3.24. The van der Waals surface area contributed by atoms with Crippen molar-refractivity contribution in [2.45, 2.75) is 39.3 Å². The molecule has 0 spiro atoms. The summed E-state index contributed by atoms with van der Waals surface area (Å²) in [6.45, 7) is 4.90. The van der Waals surface area contributed by atoms with Crippen LogP contribution >= 0.6 is 15.9 Å². The molecule has 0 aromatic carbocycles. The molecule has 2 aromatic rings. The first-order chi connectivity index (χ1) is 9.56. The van der Waals surface area contributed by atoms with E-state index in [4.69, 9.17) is 5.73 Å². The molecule has 0 fully saturated rings. The van der Waals surface area contributed by atoms with Crippen molar-refractivity contribution >= 4 is 15.9 Å². The maximum absolute atomic E-state index is 12.9. The highest BCUT2D eigenvalue weighted by Crippen LogP contribution is 2.26. The average molecular weight is 341 g/mol. The number of nitrogens with zero attached hydrogens (tertiary/aromatic N) is 3. The van der Waals surface area contributed by atoms with Crippen molar-refractivity contribution in [1.29, 1.82) is 0 Å². The monoisotopic (exact) mass is 340 g/mol. The molecule has 2 rings (SSSR count). The summed E-state index contributed by atoms with van der Waals surface area (Å²) in [6.07, 6.45) is 2.67. The summed E-state index contributed by atoms with van der Waals surface area (Å²) in [5, 5.41) is 4.54. The van der Waals surface area contributed by atoms with Crippen molar-refractivity contribution in [2.75, 3.05) is 0 Å². The number of pyridine rings is 1. The van der Waals surface area contributed by atoms with Crippen LogP contribution in [-0.2, 0) is 19.4 Å². The van der Waals surface area contributed by atoms with Crippen LogP contribution < -0.4 is 5.73 Å². The molecule has 2 aromatic heterocycles. The van der Waals surface area contributed by atoms with Crippen LogP contribution in [0.3, 0.4) is 0 Å². The van der Waals surface area contributed by atoms with Crippen LogP contribution in [0.1, 0.15) is 37.0 Å². The second-order valence-electron chi connectivity index (χ2n) is 4.59. The second kappa shape index (κ2) is 6.45. The molecule has 0 aliphatic rings. The standard InChI is InChI=1S/C14H18BrFN4/c1-3-11-14(15)13(20(4-2)19-11)7-10(17)12-6-5-9(16)8-18-12/h5-6,8,10H,3-4,7,17H2,1-2H3. The fourth-order valence-electron chi connectivity index (χ4n) is 2.13. The maximum Gasteiger partial charge on any atom is 0.141 e. The van der Waals surface area contributed by atoms with E-state index >= 15 is 0 Å². The molecule has 0 bridgehead atoms. The molecule has 2 heterocycles. The molecule has 0 radical (unpaired) electrons. The van der Waals surface area contributed by atoms with E-state index in [0.29, 0.717) is 12.1 Å². The molecule has 0 saturated carbocycles. The molecule has 6 heteroatoms. The number of rotatable bonds is 5. The zero-order chi connectivity index (χ0) is 14.7. The van der Waals surface area contributed by atoms with Crippen LogP contribution in [0.2, 0.25) is 0 Å². The van der Waals surface area contributed by atoms with Gasteiger partial charge in [-0.25, -0.2) is 4.39 Å². The predicted octanol–water partition coefficient (Wildman–Crippen LogP) is 3.00. The number of aromatic nitrogens is 3. The molecule has 2 N–H and O–H groups in total. The highest BCUT2D eigenvalue weighted by atomic mass is 79.9. The van der Waals surface area contributed by atoms with E-state index in [0.717, 1.165) is 28.8 Å². The summed E-state index contributed by atoms with van der Waals surface area (Å²) < 4.78 is 15.8. The number of halogens is 2. The van der Waals surface area contributed by atoms with Crippen LogP contribution in [-0.4, -0.2) is 14.8 Å². The average Bonchev–Trinajstić information content (AvgIpc) is 2.76. The van der Waals surface area contributed by atoms with Crippen molar-refractivity contribution < 1.29 is 4.39 Å². The van der Waals surface area contributed by atoms with Gasteiger partial charge in [0.2, 0.25) is 0 Å². The minimum absolute atomic E-state index is 0.279. The van der Waals surface area contributed by atoms with Gasteiger partial charge in [0.25, 0.3) is 0 Å². The van der Waals surface area contributed by atoms with Crippen LogP contribution in [0.25, 0.3) is 0 Å². The Morgan fingerprint density at radius 3 is 2.70 bits per heavy atom. The molecule has 0 amide bonds. The van der Waals surface area contributed by atoms with E-state index in [-0.39, 0.29) is 11.9 Å². The van der Waals surface area contributed by atoms with E-state index in [1.165, 1.54) is 12.3 Å². The van der Waals surface area contributed by atoms with E-state index < -0.39 is 0 Å². The Morgan fingerprint density at radius 2 is 2.15 bits per heavy atom. The van der Waals surface area contributed by atoms with Gasteiger partial charge in [0, 0.05) is 13.0 Å². The SMILES string of the molecule is CCc1nn(CC)c(CC(N)c2ccc(F)cn2)c1Br. The molecular weight excluding hydrogens is 323 g/mol. The van der Waals surface area contributed by atoms with E-state index in [9.17, 15) is 4.39 Å². The topological polar surface area (TPSA) is 56.7 Å². The van der Waals surface area contributed by atoms with Gasteiger partial charge in [0.05, 0.1) is 33.8 Å². The number of hydrogen-bond acceptors (Lipinski definition) is 3. The molecular formula is C14H18BrFN4. The molecule has 1 unspecified atom stereocenters. The molecule has 1 atom stereocenters. The first-order valence-corrected chi connectivity index (χ1v) is 7.47. The molecule has 20 heavy (non-hydrogen) atoms. The van der Waals surface area contributed by atoms with Crippen LogP contribution in [0.4, 0.5) is 4.39 Å². The van der Waals surface area contributed by atoms with Crippen LogP contribution in [0, 0.1) is 5.82 Å². The van der Waals surface area contributed by atoms with Gasteiger partial charge in [-0.15, -0.1) is 0 Å². The largest absolute Gasteiger partial charge is 0.322 e. The van der Waals surface area contributed by atoms with Gasteiger partial charge >= 0.3 is 0 Å². The lowest BCUT2D eigenvalue weighted by molar-refractivity contribution is 0.575. The van der Waals surface area contributed by atoms with Gasteiger partial charge < -0.3 is 5.73 Å². The Labute approximate surface area is 126 Å². The van der Waals surface area contributed by atoms with Crippen molar-refractivity contribution in [3.05, 3.63) is 45.7 Å². The minimum Gasteiger partial charge on any atom is -0.322 e. The number of hydrogen-bond donors (Lipinski definition) is 1. The van der Waals surface area contributed by atoms with Gasteiger partial charge in [0.15, 0.2) is 0 Å². The predicted molar refractivity (Wildman–Crippen MR) is 79.8 cm³/mol. The van der Waals surface area contributed by atoms with Gasteiger partial charge in [-0.2, -0.15) is 5.10 Å². The van der Waals surface area contributed by atoms with Gasteiger partial charge in [-0.05, 0) is 41.4 Å². The molecule has 0 aliphatic carbocycles. The molecule has 0 aliphatic heterocycles. The quantitative estimate of drug-likeness (QED) is 0.910. The summed E-state index contributed by atoms with van der Waals surface area (Å²) >= 11 is 3.60. The Hall–Kier alpha value is -1.27. The van der Waals surface area contributed by atoms with E-state index in [2.05, 4.69) is 32.9 Å². The Kier molecular flexibility index (Phi) is 4.88. The summed E-state index contributed by atoms with van der Waals surface area (Å²) in [7, 11) is 0. The number of aryl methyl sites for hydroxylation is 2. The van der Waals surface area contributed by atoms with Crippen LogP contribution in [0.5, 0.6) is 0 Å². The third kappa shape index (κ3) is 3.07. The first-order valence-electron chi connectivity index (χ1n) is 6.67. The molecule has 4 nitrogen and oxygen atoms in total. The van der Waals surface area contributed by atoms with E-state index in [1.54, 1.807) is 6.07 Å². The lowest BCUT2D eigenvalue weighted by Crippen LogP contribution is -2.17. The fraction of sp³-hybridized carbons (Fsp3) is 0.429. The lowest BCUT2D eigenvalue weighted by atomic mass is 10.1. The summed E-state index contributed by atoms with van der Waals surface area (Å²) in [6, 6.07) is 2.73. The Balaban J connectivity index is 2.25. The molecule has 108 valence electrons. The summed E-state index contributed by atoms with van der Waals surface area (Å²) in [5.74, 6) is -0.353. The lowest BCUT2D eigenvalue weighted by Gasteiger charge is -2.12. The van der Waals surface area contributed by atoms with Crippen molar-refractivity contribution in [2.24, 2.45) is 5.73 Å². The number of nitrogens with two attached hydrogens (primary N) is 1. The van der Waals surface area contributed by atoms with Crippen molar-refractivity contribution in [3.8, 4) is 0 Å². The summed E-state index contributed by atoms with van der Waals surface area (Å²) in [5.41, 5.74) is 8.94. The van der Waals surface area contributed by atoms with Crippen molar-refractivity contribution in [3.63, 3.8) is 0 Å². The van der Waals surface area contributed by atoms with Gasteiger partial charge in [0.1, 0.15) is 5.82 Å². The first kappa shape index (κ1) is 15.1. The highest BCUT2D eigenvalue weighted by Gasteiger charge is 2.18. The molecule has 0 saturated heterocycles. The Bertz CT molecular complexity index is 580. The van der Waals surface area contributed by atoms with E-state index in [1.807, 2.05) is 11.6 Å². The maximum atomic E-state index is 12.9. The van der Waals surface area contributed by atoms with Crippen molar-refractivity contribution in [1.82, 2.24) is 14.8 Å². The van der Waals surface area contributed by atoms with Gasteiger partial charge in [-0.3, -0.25) is 9.67 Å². The zero-order valence-electron chi connectivity index (χ0n) is 11.6. The minimum atomic E-state index is -0.353.